The average molecular weight is 399 g/mol. The highest BCUT2D eigenvalue weighted by Crippen LogP contribution is 2.32. The fraction of sp³-hybridized carbons (Fsp3) is 0.619. The molecule has 4 heterocycles. The normalized spacial score (nSPS) is 19.5. The smallest absolute Gasteiger partial charge is 0.246 e. The van der Waals surface area contributed by atoms with Crippen LogP contribution in [0.25, 0.3) is 5.65 Å². The number of rotatable bonds is 5. The van der Waals surface area contributed by atoms with Gasteiger partial charge in [-0.15, -0.1) is 0 Å². The fourth-order valence-electron chi connectivity index (χ4n) is 4.45. The van der Waals surface area contributed by atoms with Crippen LogP contribution in [0.2, 0.25) is 0 Å². The van der Waals surface area contributed by atoms with Crippen molar-refractivity contribution in [3.05, 3.63) is 28.7 Å². The summed E-state index contributed by atoms with van der Waals surface area (Å²) in [7, 11) is 0. The summed E-state index contributed by atoms with van der Waals surface area (Å²) in [5, 5.41) is 6.28. The summed E-state index contributed by atoms with van der Waals surface area (Å²) in [6.45, 7) is 7.99. The van der Waals surface area contributed by atoms with E-state index in [0.29, 0.717) is 32.4 Å². The molecule has 0 N–H and O–H groups in total. The highest BCUT2D eigenvalue weighted by Gasteiger charge is 2.31. The lowest BCUT2D eigenvalue weighted by Gasteiger charge is -2.22. The number of carbonyl (C=O) groups is 2. The molecule has 2 fully saturated rings. The Hall–Kier alpha value is -2.48. The molecule has 0 bridgehead atoms. The number of amides is 2. The van der Waals surface area contributed by atoms with Gasteiger partial charge in [0.25, 0.3) is 0 Å². The number of hydrogen-bond acceptors (Lipinski definition) is 5. The van der Waals surface area contributed by atoms with Crippen molar-refractivity contribution in [3.8, 4) is 0 Å². The maximum Gasteiger partial charge on any atom is 0.246 e. The summed E-state index contributed by atoms with van der Waals surface area (Å²) < 4.78 is 1.86. The highest BCUT2D eigenvalue weighted by atomic mass is 16.7. The van der Waals surface area contributed by atoms with Gasteiger partial charge in [0.1, 0.15) is 0 Å². The topological polar surface area (TPSA) is 80.0 Å². The van der Waals surface area contributed by atoms with E-state index in [1.807, 2.05) is 36.3 Å². The molecule has 2 aliphatic rings. The summed E-state index contributed by atoms with van der Waals surface area (Å²) in [5.41, 5.74) is 4.67. The Balaban J connectivity index is 1.58. The second-order valence-electron chi connectivity index (χ2n) is 7.88. The quantitative estimate of drug-likeness (QED) is 0.772. The van der Waals surface area contributed by atoms with Gasteiger partial charge in [0.2, 0.25) is 11.8 Å². The van der Waals surface area contributed by atoms with Crippen LogP contribution in [0.15, 0.2) is 6.07 Å². The van der Waals surface area contributed by atoms with E-state index in [9.17, 15) is 9.59 Å². The Bertz CT molecular complexity index is 932. The van der Waals surface area contributed by atoms with Gasteiger partial charge in [-0.3, -0.25) is 14.4 Å². The van der Waals surface area contributed by atoms with E-state index in [0.717, 1.165) is 54.1 Å². The molecular formula is C21H29N5O3. The molecule has 4 rings (SSSR count). The van der Waals surface area contributed by atoms with Crippen molar-refractivity contribution in [1.82, 2.24) is 24.6 Å². The standard InChI is InChI=1S/C21H29N5O3/c1-4-20(27)24-10-5-7-18(24)17-13-19-22-14(2)16(15(3)26(19)23-17)8-9-21(28)25-11-6-12-29-25/h13,18H,4-12H2,1-3H3. The number of fused-ring (bicyclic) bond motifs is 1. The second kappa shape index (κ2) is 8.10. The van der Waals surface area contributed by atoms with Crippen LogP contribution in [0, 0.1) is 13.8 Å². The first-order valence-corrected chi connectivity index (χ1v) is 10.6. The third-order valence-corrected chi connectivity index (χ3v) is 6.02. The first kappa shape index (κ1) is 19.8. The minimum absolute atomic E-state index is 0.0160. The van der Waals surface area contributed by atoms with E-state index in [-0.39, 0.29) is 17.9 Å². The van der Waals surface area contributed by atoms with Crippen molar-refractivity contribution >= 4 is 17.5 Å². The van der Waals surface area contributed by atoms with Gasteiger partial charge in [-0.1, -0.05) is 6.92 Å². The van der Waals surface area contributed by atoms with E-state index in [1.54, 1.807) is 0 Å². The van der Waals surface area contributed by atoms with Crippen LogP contribution in [-0.2, 0) is 20.8 Å². The Morgan fingerprint density at radius 1 is 1.21 bits per heavy atom. The van der Waals surface area contributed by atoms with Crippen molar-refractivity contribution < 1.29 is 14.4 Å². The molecule has 0 saturated carbocycles. The molecule has 0 radical (unpaired) electrons. The van der Waals surface area contributed by atoms with Gasteiger partial charge in [-0.05, 0) is 45.1 Å². The van der Waals surface area contributed by atoms with Gasteiger partial charge in [-0.25, -0.2) is 14.6 Å². The van der Waals surface area contributed by atoms with E-state index >= 15 is 0 Å². The maximum absolute atomic E-state index is 12.3. The van der Waals surface area contributed by atoms with Gasteiger partial charge in [-0.2, -0.15) is 5.10 Å². The third kappa shape index (κ3) is 3.73. The van der Waals surface area contributed by atoms with Crippen LogP contribution in [-0.4, -0.2) is 56.1 Å². The molecule has 0 aromatic carbocycles. The third-order valence-electron chi connectivity index (χ3n) is 6.02. The van der Waals surface area contributed by atoms with E-state index in [2.05, 4.69) is 0 Å². The largest absolute Gasteiger partial charge is 0.334 e. The monoisotopic (exact) mass is 399 g/mol. The lowest BCUT2D eigenvalue weighted by atomic mass is 10.1. The average Bonchev–Trinajstić information content (AvgIpc) is 3.46. The molecule has 8 nitrogen and oxygen atoms in total. The fourth-order valence-corrected chi connectivity index (χ4v) is 4.45. The van der Waals surface area contributed by atoms with Crippen LogP contribution < -0.4 is 0 Å². The van der Waals surface area contributed by atoms with Crippen molar-refractivity contribution in [2.45, 2.75) is 65.3 Å². The Kier molecular flexibility index (Phi) is 5.54. The molecule has 8 heteroatoms. The Labute approximate surface area is 170 Å². The number of carbonyl (C=O) groups excluding carboxylic acids is 2. The summed E-state index contributed by atoms with van der Waals surface area (Å²) in [6, 6.07) is 2.03. The molecule has 2 aliphatic heterocycles. The minimum Gasteiger partial charge on any atom is -0.334 e. The van der Waals surface area contributed by atoms with Gasteiger partial charge in [0.05, 0.1) is 24.9 Å². The number of aromatic nitrogens is 3. The van der Waals surface area contributed by atoms with Gasteiger partial charge in [0.15, 0.2) is 5.65 Å². The lowest BCUT2D eigenvalue weighted by Crippen LogP contribution is -2.30. The van der Waals surface area contributed by atoms with Crippen molar-refractivity contribution in [1.29, 1.82) is 0 Å². The maximum atomic E-state index is 12.3. The highest BCUT2D eigenvalue weighted by molar-refractivity contribution is 5.77. The summed E-state index contributed by atoms with van der Waals surface area (Å²) in [6.07, 6.45) is 4.35. The molecule has 2 aromatic rings. The van der Waals surface area contributed by atoms with Gasteiger partial charge >= 0.3 is 0 Å². The van der Waals surface area contributed by atoms with Gasteiger partial charge < -0.3 is 4.90 Å². The van der Waals surface area contributed by atoms with E-state index < -0.39 is 0 Å². The zero-order chi connectivity index (χ0) is 20.5. The second-order valence-corrected chi connectivity index (χ2v) is 7.88. The predicted octanol–water partition coefficient (Wildman–Crippen LogP) is 2.52. The number of hydrogen-bond donors (Lipinski definition) is 0. The molecule has 0 aliphatic carbocycles. The summed E-state index contributed by atoms with van der Waals surface area (Å²) in [4.78, 5) is 36.6. The Morgan fingerprint density at radius 2 is 2.03 bits per heavy atom. The van der Waals surface area contributed by atoms with Crippen LogP contribution in [0.1, 0.15) is 67.7 Å². The minimum atomic E-state index is 0.0160. The van der Waals surface area contributed by atoms with Crippen molar-refractivity contribution in [3.63, 3.8) is 0 Å². The zero-order valence-electron chi connectivity index (χ0n) is 17.5. The van der Waals surface area contributed by atoms with Crippen molar-refractivity contribution in [2.24, 2.45) is 0 Å². The van der Waals surface area contributed by atoms with Crippen LogP contribution in [0.3, 0.4) is 0 Å². The van der Waals surface area contributed by atoms with Crippen LogP contribution in [0.5, 0.6) is 0 Å². The van der Waals surface area contributed by atoms with Gasteiger partial charge in [0, 0.05) is 36.8 Å². The summed E-state index contributed by atoms with van der Waals surface area (Å²) >= 11 is 0. The molecule has 2 saturated heterocycles. The van der Waals surface area contributed by atoms with Crippen LogP contribution in [0.4, 0.5) is 0 Å². The SMILES string of the molecule is CCC(=O)N1CCCC1c1cc2nc(C)c(CCC(=O)N3CCCO3)c(C)n2n1. The molecule has 2 aromatic heterocycles. The molecule has 0 spiro atoms. The van der Waals surface area contributed by atoms with E-state index in [4.69, 9.17) is 14.9 Å². The molecule has 1 atom stereocenters. The van der Waals surface area contributed by atoms with E-state index in [1.165, 1.54) is 5.06 Å². The van der Waals surface area contributed by atoms with Crippen LogP contribution >= 0.6 is 0 Å². The molecule has 2 amide bonds. The number of aryl methyl sites for hydroxylation is 2. The molecule has 29 heavy (non-hydrogen) atoms. The van der Waals surface area contributed by atoms with Crippen molar-refractivity contribution in [2.75, 3.05) is 19.7 Å². The molecular weight excluding hydrogens is 370 g/mol. The zero-order valence-corrected chi connectivity index (χ0v) is 17.5. The molecule has 156 valence electrons. The number of hydroxylamine groups is 2. The number of nitrogens with zero attached hydrogens (tertiary/aromatic N) is 5. The Morgan fingerprint density at radius 3 is 2.76 bits per heavy atom. The lowest BCUT2D eigenvalue weighted by molar-refractivity contribution is -0.168. The first-order chi connectivity index (χ1) is 14.0. The molecule has 1 unspecified atom stereocenters. The first-order valence-electron chi connectivity index (χ1n) is 10.6. The number of likely N-dealkylation sites (tertiary alicyclic amines) is 1. The summed E-state index contributed by atoms with van der Waals surface area (Å²) in [5.74, 6) is 0.191. The predicted molar refractivity (Wildman–Crippen MR) is 107 cm³/mol.